The molecule has 0 amide bonds. The molecule has 3 rings (SSSR count). The van der Waals surface area contributed by atoms with Crippen LogP contribution in [0.3, 0.4) is 0 Å². The predicted octanol–water partition coefficient (Wildman–Crippen LogP) is 4.32. The Bertz CT molecular complexity index is 700. The number of hydrogen-bond donors (Lipinski definition) is 2. The highest BCUT2D eigenvalue weighted by Gasteiger charge is 2.04. The molecule has 0 saturated carbocycles. The summed E-state index contributed by atoms with van der Waals surface area (Å²) in [6.07, 6.45) is 5.53. The summed E-state index contributed by atoms with van der Waals surface area (Å²) in [5.74, 6) is 0. The van der Waals surface area contributed by atoms with Gasteiger partial charge in [-0.05, 0) is 49.9 Å². The first kappa shape index (κ1) is 14.9. The minimum absolute atomic E-state index is 0.519. The van der Waals surface area contributed by atoms with E-state index in [1.54, 1.807) is 0 Å². The Balaban J connectivity index is 1.43. The number of nitrogens with one attached hydrogen (secondary N) is 2. The van der Waals surface area contributed by atoms with Gasteiger partial charge in [-0.25, -0.2) is 0 Å². The number of rotatable bonds is 7. The summed E-state index contributed by atoms with van der Waals surface area (Å²) >= 11 is 0. The molecule has 1 aromatic heterocycles. The molecular weight excluding hydrogens is 268 g/mol. The zero-order valence-corrected chi connectivity index (χ0v) is 13.2. The van der Waals surface area contributed by atoms with Crippen molar-refractivity contribution in [3.8, 4) is 0 Å². The summed E-state index contributed by atoms with van der Waals surface area (Å²) < 4.78 is 0. The van der Waals surface area contributed by atoms with E-state index in [9.17, 15) is 0 Å². The molecule has 114 valence electrons. The number of H-pyrrole nitrogens is 1. The second-order valence-corrected chi connectivity index (χ2v) is 6.01. The maximum atomic E-state index is 3.63. The Labute approximate surface area is 132 Å². The fourth-order valence-corrected chi connectivity index (χ4v) is 3.01. The SMILES string of the molecule is CC(Cc1ccccc1)NCCCc1c[nH]c2ccccc12. The van der Waals surface area contributed by atoms with Crippen molar-refractivity contribution in [3.05, 3.63) is 71.9 Å². The second-order valence-electron chi connectivity index (χ2n) is 6.01. The topological polar surface area (TPSA) is 27.8 Å². The molecule has 2 nitrogen and oxygen atoms in total. The van der Waals surface area contributed by atoms with Gasteiger partial charge in [0.15, 0.2) is 0 Å². The van der Waals surface area contributed by atoms with E-state index in [0.29, 0.717) is 6.04 Å². The summed E-state index contributed by atoms with van der Waals surface area (Å²) in [5.41, 5.74) is 4.06. The van der Waals surface area contributed by atoms with Gasteiger partial charge in [0.05, 0.1) is 0 Å². The standard InChI is InChI=1S/C20H24N2/c1-16(14-17-8-3-2-4-9-17)21-13-7-10-18-15-22-20-12-6-5-11-19(18)20/h2-6,8-9,11-12,15-16,21-22H,7,10,13-14H2,1H3. The van der Waals surface area contributed by atoms with Gasteiger partial charge in [-0.2, -0.15) is 0 Å². The molecule has 1 unspecified atom stereocenters. The Hall–Kier alpha value is -2.06. The lowest BCUT2D eigenvalue weighted by molar-refractivity contribution is 0.534. The molecule has 2 N–H and O–H groups in total. The van der Waals surface area contributed by atoms with Crippen molar-refractivity contribution in [1.82, 2.24) is 10.3 Å². The predicted molar refractivity (Wildman–Crippen MR) is 94.2 cm³/mol. The molecule has 0 aliphatic heterocycles. The molecular formula is C20H24N2. The summed E-state index contributed by atoms with van der Waals surface area (Å²) in [6.45, 7) is 3.33. The summed E-state index contributed by atoms with van der Waals surface area (Å²) in [4.78, 5) is 3.35. The number of hydrogen-bond acceptors (Lipinski definition) is 1. The number of fused-ring (bicyclic) bond motifs is 1. The van der Waals surface area contributed by atoms with Crippen molar-refractivity contribution in [2.45, 2.75) is 32.2 Å². The lowest BCUT2D eigenvalue weighted by Crippen LogP contribution is -2.29. The summed E-state index contributed by atoms with van der Waals surface area (Å²) in [7, 11) is 0. The van der Waals surface area contributed by atoms with Crippen LogP contribution < -0.4 is 5.32 Å². The average Bonchev–Trinajstić information content (AvgIpc) is 2.96. The van der Waals surface area contributed by atoms with Crippen LogP contribution in [0.15, 0.2) is 60.8 Å². The van der Waals surface area contributed by atoms with Gasteiger partial charge in [-0.15, -0.1) is 0 Å². The fourth-order valence-electron chi connectivity index (χ4n) is 3.01. The monoisotopic (exact) mass is 292 g/mol. The Morgan fingerprint density at radius 3 is 2.64 bits per heavy atom. The van der Waals surface area contributed by atoms with Gasteiger partial charge >= 0.3 is 0 Å². The van der Waals surface area contributed by atoms with Crippen molar-refractivity contribution in [1.29, 1.82) is 0 Å². The van der Waals surface area contributed by atoms with Crippen LogP contribution >= 0.6 is 0 Å². The van der Waals surface area contributed by atoms with E-state index in [-0.39, 0.29) is 0 Å². The molecule has 22 heavy (non-hydrogen) atoms. The number of aromatic amines is 1. The smallest absolute Gasteiger partial charge is 0.0456 e. The van der Waals surface area contributed by atoms with Crippen LogP contribution in [0.1, 0.15) is 24.5 Å². The van der Waals surface area contributed by atoms with Crippen molar-refractivity contribution >= 4 is 10.9 Å². The first-order valence-electron chi connectivity index (χ1n) is 8.15. The van der Waals surface area contributed by atoms with Gasteiger partial charge in [-0.1, -0.05) is 48.5 Å². The van der Waals surface area contributed by atoms with Crippen molar-refractivity contribution in [2.24, 2.45) is 0 Å². The number of aromatic nitrogens is 1. The molecule has 0 aliphatic carbocycles. The molecule has 3 aromatic rings. The third-order valence-electron chi connectivity index (χ3n) is 4.18. The molecule has 0 aliphatic rings. The summed E-state index contributed by atoms with van der Waals surface area (Å²) in [5, 5.41) is 4.99. The maximum absolute atomic E-state index is 3.63. The van der Waals surface area contributed by atoms with Crippen LogP contribution in [0.25, 0.3) is 10.9 Å². The second kappa shape index (κ2) is 7.28. The van der Waals surface area contributed by atoms with E-state index in [1.807, 2.05) is 0 Å². The normalized spacial score (nSPS) is 12.6. The molecule has 0 saturated heterocycles. The first-order chi connectivity index (χ1) is 10.8. The molecule has 0 bridgehead atoms. The quantitative estimate of drug-likeness (QED) is 0.624. The highest BCUT2D eigenvalue weighted by molar-refractivity contribution is 5.82. The van der Waals surface area contributed by atoms with Gasteiger partial charge in [0.1, 0.15) is 0 Å². The van der Waals surface area contributed by atoms with Gasteiger partial charge in [-0.3, -0.25) is 0 Å². The fraction of sp³-hybridized carbons (Fsp3) is 0.300. The van der Waals surface area contributed by atoms with Crippen LogP contribution in [0.2, 0.25) is 0 Å². The highest BCUT2D eigenvalue weighted by atomic mass is 14.9. The van der Waals surface area contributed by atoms with Crippen LogP contribution in [0.4, 0.5) is 0 Å². The van der Waals surface area contributed by atoms with Gasteiger partial charge in [0.25, 0.3) is 0 Å². The minimum atomic E-state index is 0.519. The first-order valence-corrected chi connectivity index (χ1v) is 8.15. The van der Waals surface area contributed by atoms with Crippen molar-refractivity contribution < 1.29 is 0 Å². The maximum Gasteiger partial charge on any atom is 0.0456 e. The van der Waals surface area contributed by atoms with Crippen molar-refractivity contribution in [3.63, 3.8) is 0 Å². The molecule has 2 heteroatoms. The zero-order valence-electron chi connectivity index (χ0n) is 13.2. The molecule has 0 radical (unpaired) electrons. The highest BCUT2D eigenvalue weighted by Crippen LogP contribution is 2.18. The number of aryl methyl sites for hydroxylation is 1. The van der Waals surface area contributed by atoms with Gasteiger partial charge < -0.3 is 10.3 Å². The van der Waals surface area contributed by atoms with E-state index in [0.717, 1.165) is 19.4 Å². The third kappa shape index (κ3) is 3.77. The Morgan fingerprint density at radius 2 is 1.77 bits per heavy atom. The van der Waals surface area contributed by atoms with Crippen molar-refractivity contribution in [2.75, 3.05) is 6.54 Å². The minimum Gasteiger partial charge on any atom is -0.361 e. The van der Waals surface area contributed by atoms with E-state index in [2.05, 4.69) is 78.0 Å². The van der Waals surface area contributed by atoms with Crippen LogP contribution in [-0.2, 0) is 12.8 Å². The molecule has 1 heterocycles. The van der Waals surface area contributed by atoms with Crippen LogP contribution in [-0.4, -0.2) is 17.6 Å². The van der Waals surface area contributed by atoms with Crippen LogP contribution in [0, 0.1) is 0 Å². The van der Waals surface area contributed by atoms with E-state index in [4.69, 9.17) is 0 Å². The van der Waals surface area contributed by atoms with Crippen LogP contribution in [0.5, 0.6) is 0 Å². The molecule has 1 atom stereocenters. The Kier molecular flexibility index (Phi) is 4.92. The van der Waals surface area contributed by atoms with E-state index >= 15 is 0 Å². The lowest BCUT2D eigenvalue weighted by atomic mass is 10.1. The molecule has 0 spiro atoms. The lowest BCUT2D eigenvalue weighted by Gasteiger charge is -2.13. The number of para-hydroxylation sites is 1. The van der Waals surface area contributed by atoms with Gasteiger partial charge in [0, 0.05) is 23.1 Å². The third-order valence-corrected chi connectivity index (χ3v) is 4.18. The van der Waals surface area contributed by atoms with E-state index < -0.39 is 0 Å². The largest absolute Gasteiger partial charge is 0.361 e. The summed E-state index contributed by atoms with van der Waals surface area (Å²) in [6, 6.07) is 19.7. The van der Waals surface area contributed by atoms with E-state index in [1.165, 1.54) is 28.5 Å². The Morgan fingerprint density at radius 1 is 1.00 bits per heavy atom. The number of benzene rings is 2. The average molecular weight is 292 g/mol. The molecule has 2 aromatic carbocycles. The van der Waals surface area contributed by atoms with Gasteiger partial charge in [0.2, 0.25) is 0 Å². The zero-order chi connectivity index (χ0) is 15.2. The molecule has 0 fully saturated rings.